The van der Waals surface area contributed by atoms with Crippen molar-refractivity contribution < 1.29 is 47.8 Å². The summed E-state index contributed by atoms with van der Waals surface area (Å²) in [5, 5.41) is 18.3. The van der Waals surface area contributed by atoms with Crippen LogP contribution in [0.1, 0.15) is 194 Å². The van der Waals surface area contributed by atoms with Gasteiger partial charge in [0.2, 0.25) is 0 Å². The molecule has 0 aromatic carbocycles. The topological polar surface area (TPSA) is 149 Å². The van der Waals surface area contributed by atoms with Gasteiger partial charge < -0.3 is 24.6 Å². The fourth-order valence-corrected chi connectivity index (χ4v) is 6.83. The molecule has 0 saturated heterocycles. The van der Waals surface area contributed by atoms with E-state index in [1.165, 1.54) is 70.6 Å². The van der Waals surface area contributed by atoms with Crippen LogP contribution in [0.15, 0.2) is 48.6 Å². The average Bonchev–Trinajstić information content (AvgIpc) is 3.20. The molecule has 0 saturated carbocycles. The number of hydrogen-bond donors (Lipinski definition) is 3. The molecule has 0 amide bonds. The molecule has 0 fully saturated rings. The van der Waals surface area contributed by atoms with Crippen molar-refractivity contribution >= 4 is 19.8 Å². The van der Waals surface area contributed by atoms with Gasteiger partial charge in [-0.1, -0.05) is 178 Å². The summed E-state index contributed by atoms with van der Waals surface area (Å²) in [6.45, 7) is 2.26. The van der Waals surface area contributed by atoms with E-state index in [2.05, 4.69) is 62.5 Å². The third-order valence-corrected chi connectivity index (χ3v) is 10.4. The number of phosphoric acid groups is 1. The molecule has 0 bridgehead atoms. The quantitative estimate of drug-likeness (QED) is 0.0235. The van der Waals surface area contributed by atoms with Crippen LogP contribution in [-0.4, -0.2) is 65.7 Å². The van der Waals surface area contributed by atoms with E-state index in [1.807, 2.05) is 0 Å². The maximum atomic E-state index is 12.6. The van der Waals surface area contributed by atoms with E-state index in [0.29, 0.717) is 12.8 Å². The molecule has 3 atom stereocenters. The third kappa shape index (κ3) is 41.9. The van der Waals surface area contributed by atoms with Crippen molar-refractivity contribution in [3.63, 3.8) is 0 Å². The highest BCUT2D eigenvalue weighted by atomic mass is 31.2. The molecule has 0 radical (unpaired) electrons. The van der Waals surface area contributed by atoms with Gasteiger partial charge in [-0.05, 0) is 51.4 Å². The Labute approximate surface area is 347 Å². The molecule has 3 N–H and O–H groups in total. The van der Waals surface area contributed by atoms with Crippen LogP contribution in [0.4, 0.5) is 0 Å². The summed E-state index contributed by atoms with van der Waals surface area (Å²) >= 11 is 0. The first-order chi connectivity index (χ1) is 27.7. The largest absolute Gasteiger partial charge is 0.472 e. The van der Waals surface area contributed by atoms with E-state index < -0.39 is 51.8 Å². The number of allylic oxidation sites excluding steroid dienone is 8. The normalized spacial score (nSPS) is 14.3. The highest BCUT2D eigenvalue weighted by Crippen LogP contribution is 2.43. The smallest absolute Gasteiger partial charge is 0.462 e. The van der Waals surface area contributed by atoms with Crippen LogP contribution in [0.3, 0.4) is 0 Å². The molecule has 0 aliphatic carbocycles. The molecule has 332 valence electrons. The lowest BCUT2D eigenvalue weighted by Gasteiger charge is -2.20. The number of carbonyl (C=O) groups excluding carboxylic acids is 2. The predicted octanol–water partition coefficient (Wildman–Crippen LogP) is 12.1. The Morgan fingerprint density at radius 2 is 0.965 bits per heavy atom. The lowest BCUT2D eigenvalue weighted by Crippen LogP contribution is -2.29. The maximum Gasteiger partial charge on any atom is 0.472 e. The van der Waals surface area contributed by atoms with Gasteiger partial charge in [-0.3, -0.25) is 18.6 Å². The molecule has 11 heteroatoms. The van der Waals surface area contributed by atoms with Crippen molar-refractivity contribution in [1.82, 2.24) is 0 Å². The van der Waals surface area contributed by atoms with E-state index >= 15 is 0 Å². The molecule has 0 rings (SSSR count). The molecule has 0 heterocycles. The maximum absolute atomic E-state index is 12.6. The highest BCUT2D eigenvalue weighted by molar-refractivity contribution is 7.47. The Kier molecular flexibility index (Phi) is 40.5. The molecular formula is C46H83O10P. The monoisotopic (exact) mass is 827 g/mol. The van der Waals surface area contributed by atoms with Gasteiger partial charge in [0, 0.05) is 12.8 Å². The summed E-state index contributed by atoms with van der Waals surface area (Å²) < 4.78 is 32.7. The summed E-state index contributed by atoms with van der Waals surface area (Å²) in [4.78, 5) is 35.0. The van der Waals surface area contributed by atoms with Crippen molar-refractivity contribution in [2.45, 2.75) is 206 Å². The highest BCUT2D eigenvalue weighted by Gasteiger charge is 2.27. The Hall–Kier alpha value is -2.07. The van der Waals surface area contributed by atoms with Gasteiger partial charge in [0.1, 0.15) is 12.7 Å². The van der Waals surface area contributed by atoms with Gasteiger partial charge >= 0.3 is 19.8 Å². The summed E-state index contributed by atoms with van der Waals surface area (Å²) in [6, 6.07) is 0. The van der Waals surface area contributed by atoms with E-state index in [-0.39, 0.29) is 19.4 Å². The molecule has 57 heavy (non-hydrogen) atoms. The van der Waals surface area contributed by atoms with Crippen LogP contribution in [-0.2, 0) is 32.7 Å². The number of rotatable bonds is 42. The summed E-state index contributed by atoms with van der Waals surface area (Å²) in [7, 11) is -4.62. The second kappa shape index (κ2) is 42.1. The first-order valence-electron chi connectivity index (χ1n) is 22.6. The summed E-state index contributed by atoms with van der Waals surface area (Å²) in [6.07, 6.45) is 45.0. The van der Waals surface area contributed by atoms with Gasteiger partial charge in [-0.2, -0.15) is 0 Å². The van der Waals surface area contributed by atoms with Crippen molar-refractivity contribution in [3.8, 4) is 0 Å². The van der Waals surface area contributed by atoms with Crippen LogP contribution < -0.4 is 0 Å². The zero-order valence-electron chi connectivity index (χ0n) is 36.0. The standard InChI is InChI=1S/C46H83O10P/c1-3-5-7-9-11-13-15-17-19-20-21-22-24-26-28-30-32-34-36-38-46(50)56-44(42-55-57(51,52)54-40-43(48)39-47)41-53-45(49)37-35-33-31-29-27-25-23-18-16-14-12-10-8-6-4-2/h5,7,11,13,17,19,21-22,43-44,47-48H,3-4,6,8-10,12,14-16,18,20,23-42H2,1-2H3,(H,51,52)/b7-5-,13-11-,19-17-,22-21-. The minimum absolute atomic E-state index is 0.168. The molecule has 0 aromatic rings. The molecule has 0 spiro atoms. The fourth-order valence-electron chi connectivity index (χ4n) is 6.04. The molecule has 3 unspecified atom stereocenters. The molecule has 0 aliphatic heterocycles. The SMILES string of the molecule is CC/C=C\C/C=C\C/C=C\C/C=C\CCCCCCCCC(=O)OC(COC(=O)CCCCCCCCCCCCCCCCC)COP(=O)(O)OCC(O)CO. The lowest BCUT2D eigenvalue weighted by atomic mass is 10.0. The molecule has 10 nitrogen and oxygen atoms in total. The zero-order chi connectivity index (χ0) is 41.9. The molecular weight excluding hydrogens is 743 g/mol. The molecule has 0 aromatic heterocycles. The van der Waals surface area contributed by atoms with Crippen LogP contribution in [0, 0.1) is 0 Å². The summed E-state index contributed by atoms with van der Waals surface area (Å²) in [5.41, 5.74) is 0. The number of phosphoric ester groups is 1. The van der Waals surface area contributed by atoms with E-state index in [4.69, 9.17) is 23.6 Å². The number of aliphatic hydroxyl groups excluding tert-OH is 2. The minimum atomic E-state index is -4.62. The fraction of sp³-hybridized carbons (Fsp3) is 0.783. The van der Waals surface area contributed by atoms with Gasteiger partial charge in [0.15, 0.2) is 6.10 Å². The third-order valence-electron chi connectivity index (χ3n) is 9.50. The van der Waals surface area contributed by atoms with E-state index in [1.54, 1.807) is 0 Å². The number of esters is 2. The molecule has 0 aliphatic rings. The predicted molar refractivity (Wildman–Crippen MR) is 233 cm³/mol. The Morgan fingerprint density at radius 3 is 1.46 bits per heavy atom. The number of hydrogen-bond acceptors (Lipinski definition) is 9. The van der Waals surface area contributed by atoms with Crippen LogP contribution in [0.5, 0.6) is 0 Å². The van der Waals surface area contributed by atoms with Crippen molar-refractivity contribution in [2.75, 3.05) is 26.4 Å². The van der Waals surface area contributed by atoms with Crippen molar-refractivity contribution in [3.05, 3.63) is 48.6 Å². The first kappa shape index (κ1) is 54.9. The van der Waals surface area contributed by atoms with Gasteiger partial charge in [0.25, 0.3) is 0 Å². The van der Waals surface area contributed by atoms with Gasteiger partial charge in [-0.15, -0.1) is 0 Å². The number of aliphatic hydroxyl groups is 2. The Bertz CT molecular complexity index is 1090. The van der Waals surface area contributed by atoms with Crippen molar-refractivity contribution in [2.24, 2.45) is 0 Å². The van der Waals surface area contributed by atoms with Crippen molar-refractivity contribution in [1.29, 1.82) is 0 Å². The first-order valence-corrected chi connectivity index (χ1v) is 24.1. The minimum Gasteiger partial charge on any atom is -0.462 e. The second-order valence-corrected chi connectivity index (χ2v) is 16.5. The number of unbranched alkanes of at least 4 members (excludes halogenated alkanes) is 20. The Morgan fingerprint density at radius 1 is 0.544 bits per heavy atom. The van der Waals surface area contributed by atoms with Crippen LogP contribution >= 0.6 is 7.82 Å². The number of carbonyl (C=O) groups is 2. The average molecular weight is 827 g/mol. The second-order valence-electron chi connectivity index (χ2n) is 15.1. The zero-order valence-corrected chi connectivity index (χ0v) is 36.9. The van der Waals surface area contributed by atoms with Crippen LogP contribution in [0.2, 0.25) is 0 Å². The summed E-state index contributed by atoms with van der Waals surface area (Å²) in [5.74, 6) is -0.937. The van der Waals surface area contributed by atoms with Crippen LogP contribution in [0.25, 0.3) is 0 Å². The van der Waals surface area contributed by atoms with E-state index in [0.717, 1.165) is 83.5 Å². The Balaban J connectivity index is 4.29. The number of ether oxygens (including phenoxy) is 2. The van der Waals surface area contributed by atoms with Gasteiger partial charge in [0.05, 0.1) is 19.8 Å². The lowest BCUT2D eigenvalue weighted by molar-refractivity contribution is -0.161. The van der Waals surface area contributed by atoms with Gasteiger partial charge in [-0.25, -0.2) is 4.57 Å². The van der Waals surface area contributed by atoms with E-state index in [9.17, 15) is 24.2 Å².